The highest BCUT2D eigenvalue weighted by molar-refractivity contribution is 6.04. The molecule has 23 heavy (non-hydrogen) atoms. The summed E-state index contributed by atoms with van der Waals surface area (Å²) in [7, 11) is 0. The molecule has 0 aliphatic carbocycles. The number of nitrogens with one attached hydrogen (secondary N) is 1. The van der Waals surface area contributed by atoms with Crippen LogP contribution in [0.2, 0.25) is 0 Å². The quantitative estimate of drug-likeness (QED) is 0.938. The summed E-state index contributed by atoms with van der Waals surface area (Å²) >= 11 is 0. The summed E-state index contributed by atoms with van der Waals surface area (Å²) < 4.78 is 16.6. The van der Waals surface area contributed by atoms with E-state index < -0.39 is 0 Å². The highest BCUT2D eigenvalue weighted by Gasteiger charge is 2.15. The number of benzene rings is 2. The van der Waals surface area contributed by atoms with Crippen molar-refractivity contribution in [2.45, 2.75) is 20.0 Å². The van der Waals surface area contributed by atoms with Crippen molar-refractivity contribution in [2.24, 2.45) is 0 Å². The van der Waals surface area contributed by atoms with Gasteiger partial charge < -0.3 is 19.5 Å². The summed E-state index contributed by atoms with van der Waals surface area (Å²) in [6, 6.07) is 12.5. The molecule has 3 rings (SSSR count). The number of anilines is 1. The average Bonchev–Trinajstić information content (AvgIpc) is 2.54. The first kappa shape index (κ1) is 15.2. The third-order valence-corrected chi connectivity index (χ3v) is 3.27. The first-order chi connectivity index (χ1) is 11.1. The Morgan fingerprint density at radius 2 is 1.87 bits per heavy atom. The lowest BCUT2D eigenvalue weighted by Crippen LogP contribution is -2.17. The summed E-state index contributed by atoms with van der Waals surface area (Å²) in [6.07, 6.45) is 0.0822. The molecule has 0 saturated heterocycles. The Morgan fingerprint density at radius 1 is 1.09 bits per heavy atom. The fraction of sp³-hybridized carbons (Fsp3) is 0.278. The maximum absolute atomic E-state index is 12.4. The fourth-order valence-electron chi connectivity index (χ4n) is 2.31. The van der Waals surface area contributed by atoms with Crippen molar-refractivity contribution in [1.82, 2.24) is 0 Å². The molecule has 0 aromatic heterocycles. The van der Waals surface area contributed by atoms with E-state index in [1.165, 1.54) is 0 Å². The van der Waals surface area contributed by atoms with Crippen molar-refractivity contribution in [2.75, 3.05) is 18.5 Å². The molecule has 1 aliphatic heterocycles. The molecule has 0 bridgehead atoms. The maximum Gasteiger partial charge on any atom is 0.255 e. The molecule has 2 aromatic rings. The molecule has 2 aromatic carbocycles. The zero-order valence-corrected chi connectivity index (χ0v) is 13.2. The monoisotopic (exact) mass is 313 g/mol. The third kappa shape index (κ3) is 3.74. The molecular formula is C18H19NO4. The van der Waals surface area contributed by atoms with E-state index in [0.717, 1.165) is 5.75 Å². The zero-order valence-electron chi connectivity index (χ0n) is 13.2. The topological polar surface area (TPSA) is 56.8 Å². The van der Waals surface area contributed by atoms with E-state index in [9.17, 15) is 4.79 Å². The minimum absolute atomic E-state index is 0.0822. The Balaban J connectivity index is 1.74. The molecule has 0 radical (unpaired) electrons. The van der Waals surface area contributed by atoms with Gasteiger partial charge in [-0.15, -0.1) is 0 Å². The first-order valence-electron chi connectivity index (χ1n) is 7.59. The van der Waals surface area contributed by atoms with E-state index in [2.05, 4.69) is 5.32 Å². The highest BCUT2D eigenvalue weighted by atomic mass is 16.6. The van der Waals surface area contributed by atoms with Crippen molar-refractivity contribution in [3.05, 3.63) is 48.0 Å². The zero-order chi connectivity index (χ0) is 16.2. The van der Waals surface area contributed by atoms with Gasteiger partial charge in [-0.25, -0.2) is 0 Å². The van der Waals surface area contributed by atoms with Gasteiger partial charge >= 0.3 is 0 Å². The maximum atomic E-state index is 12.4. The minimum atomic E-state index is -0.205. The van der Waals surface area contributed by atoms with Crippen LogP contribution in [0.25, 0.3) is 0 Å². The normalized spacial score (nSPS) is 12.8. The van der Waals surface area contributed by atoms with Crippen LogP contribution in [0, 0.1) is 0 Å². The predicted octanol–water partition coefficient (Wildman–Crippen LogP) is 3.50. The second-order valence-corrected chi connectivity index (χ2v) is 5.51. The van der Waals surface area contributed by atoms with Gasteiger partial charge in [-0.1, -0.05) is 6.07 Å². The van der Waals surface area contributed by atoms with Gasteiger partial charge in [0.05, 0.1) is 6.10 Å². The lowest BCUT2D eigenvalue weighted by molar-refractivity contribution is 0.102. The Kier molecular flexibility index (Phi) is 4.37. The molecular weight excluding hydrogens is 294 g/mol. The van der Waals surface area contributed by atoms with Crippen LogP contribution in [0.1, 0.15) is 24.2 Å². The minimum Gasteiger partial charge on any atom is -0.491 e. The fourth-order valence-corrected chi connectivity index (χ4v) is 2.31. The Hall–Kier alpha value is -2.69. The SMILES string of the molecule is CC(C)Oc1cccc(NC(=O)c2ccc3c(c2)OCCO3)c1. The largest absolute Gasteiger partial charge is 0.491 e. The van der Waals surface area contributed by atoms with Gasteiger partial charge in [0.25, 0.3) is 5.91 Å². The van der Waals surface area contributed by atoms with E-state index in [1.807, 2.05) is 32.0 Å². The van der Waals surface area contributed by atoms with Crippen LogP contribution >= 0.6 is 0 Å². The van der Waals surface area contributed by atoms with Crippen LogP contribution in [0.4, 0.5) is 5.69 Å². The molecule has 1 heterocycles. The van der Waals surface area contributed by atoms with Crippen molar-refractivity contribution in [3.63, 3.8) is 0 Å². The van der Waals surface area contributed by atoms with E-state index >= 15 is 0 Å². The van der Waals surface area contributed by atoms with E-state index in [1.54, 1.807) is 24.3 Å². The summed E-state index contributed by atoms with van der Waals surface area (Å²) in [5.41, 5.74) is 1.20. The van der Waals surface area contributed by atoms with Gasteiger partial charge in [-0.3, -0.25) is 4.79 Å². The van der Waals surface area contributed by atoms with Crippen molar-refractivity contribution < 1.29 is 19.0 Å². The van der Waals surface area contributed by atoms with Gasteiger partial charge in [0.2, 0.25) is 0 Å². The average molecular weight is 313 g/mol. The molecule has 0 atom stereocenters. The molecule has 5 nitrogen and oxygen atoms in total. The summed E-state index contributed by atoms with van der Waals surface area (Å²) in [6.45, 7) is 4.94. The lowest BCUT2D eigenvalue weighted by atomic mass is 10.1. The predicted molar refractivity (Wildman–Crippen MR) is 87.6 cm³/mol. The Morgan fingerprint density at radius 3 is 2.65 bits per heavy atom. The van der Waals surface area contributed by atoms with Crippen LogP contribution in [0.15, 0.2) is 42.5 Å². The Labute approximate surface area is 135 Å². The van der Waals surface area contributed by atoms with Gasteiger partial charge in [0, 0.05) is 17.3 Å². The van der Waals surface area contributed by atoms with Gasteiger partial charge in [-0.2, -0.15) is 0 Å². The van der Waals surface area contributed by atoms with E-state index in [4.69, 9.17) is 14.2 Å². The molecule has 0 saturated carbocycles. The molecule has 0 fully saturated rings. The smallest absolute Gasteiger partial charge is 0.255 e. The van der Waals surface area contributed by atoms with Crippen molar-refractivity contribution in [1.29, 1.82) is 0 Å². The third-order valence-electron chi connectivity index (χ3n) is 3.27. The van der Waals surface area contributed by atoms with Crippen molar-refractivity contribution >= 4 is 11.6 Å². The molecule has 1 aliphatic rings. The molecule has 120 valence electrons. The molecule has 0 spiro atoms. The number of ether oxygens (including phenoxy) is 3. The first-order valence-corrected chi connectivity index (χ1v) is 7.59. The number of rotatable bonds is 4. The van der Waals surface area contributed by atoms with Crippen molar-refractivity contribution in [3.8, 4) is 17.2 Å². The summed E-state index contributed by atoms with van der Waals surface area (Å²) in [5.74, 6) is 1.78. The molecule has 1 amide bonds. The summed E-state index contributed by atoms with van der Waals surface area (Å²) in [4.78, 5) is 12.4. The van der Waals surface area contributed by atoms with Crippen LogP contribution in [-0.2, 0) is 0 Å². The number of amides is 1. The molecule has 5 heteroatoms. The van der Waals surface area contributed by atoms with E-state index in [-0.39, 0.29) is 12.0 Å². The van der Waals surface area contributed by atoms with Crippen LogP contribution in [-0.4, -0.2) is 25.2 Å². The number of hydrogen-bond acceptors (Lipinski definition) is 4. The van der Waals surface area contributed by atoms with Crippen LogP contribution in [0.3, 0.4) is 0 Å². The van der Waals surface area contributed by atoms with Crippen LogP contribution in [0.5, 0.6) is 17.2 Å². The summed E-state index contributed by atoms with van der Waals surface area (Å²) in [5, 5.41) is 2.86. The number of carbonyl (C=O) groups excluding carboxylic acids is 1. The van der Waals surface area contributed by atoms with Crippen LogP contribution < -0.4 is 19.5 Å². The number of hydrogen-bond donors (Lipinski definition) is 1. The molecule has 1 N–H and O–H groups in total. The molecule has 0 unspecified atom stereocenters. The second-order valence-electron chi connectivity index (χ2n) is 5.51. The number of carbonyl (C=O) groups is 1. The lowest BCUT2D eigenvalue weighted by Gasteiger charge is -2.18. The highest BCUT2D eigenvalue weighted by Crippen LogP contribution is 2.31. The van der Waals surface area contributed by atoms with Gasteiger partial charge in [0.15, 0.2) is 11.5 Å². The van der Waals surface area contributed by atoms with E-state index in [0.29, 0.717) is 36.0 Å². The standard InChI is InChI=1S/C18H19NO4/c1-12(2)23-15-5-3-4-14(11-15)19-18(20)13-6-7-16-17(10-13)22-9-8-21-16/h3-7,10-12H,8-9H2,1-2H3,(H,19,20). The van der Waals surface area contributed by atoms with Gasteiger partial charge in [0.1, 0.15) is 19.0 Å². The Bertz CT molecular complexity index is 712. The number of fused-ring (bicyclic) bond motifs is 1. The van der Waals surface area contributed by atoms with Gasteiger partial charge in [-0.05, 0) is 44.2 Å². The second kappa shape index (κ2) is 6.60.